The lowest BCUT2D eigenvalue weighted by molar-refractivity contribution is -0.481. The van der Waals surface area contributed by atoms with Gasteiger partial charge in [0.05, 0.1) is 6.61 Å². The number of rotatable bonds is 7. The fourth-order valence-electron chi connectivity index (χ4n) is 0.726. The molecule has 5 heteroatoms. The summed E-state index contributed by atoms with van der Waals surface area (Å²) in [5, 5.41) is 9.89. The second-order valence-corrected chi connectivity index (χ2v) is 2.30. The monoisotopic (exact) mass is 177 g/mol. The lowest BCUT2D eigenvalue weighted by atomic mass is 10.5. The van der Waals surface area contributed by atoms with Gasteiger partial charge in [-0.2, -0.15) is 0 Å². The van der Waals surface area contributed by atoms with Gasteiger partial charge in [0.1, 0.15) is 0 Å². The first-order valence-corrected chi connectivity index (χ1v) is 4.01. The Kier molecular flexibility index (Phi) is 6.60. The van der Waals surface area contributed by atoms with Crippen LogP contribution in [0.1, 0.15) is 20.3 Å². The Balaban J connectivity index is 3.13. The fraction of sp³-hybridized carbons (Fsp3) is 1.00. The van der Waals surface area contributed by atoms with Gasteiger partial charge in [0, 0.05) is 18.0 Å². The van der Waals surface area contributed by atoms with E-state index in [1.807, 2.05) is 6.92 Å². The van der Waals surface area contributed by atoms with Crippen molar-refractivity contribution in [2.24, 2.45) is 0 Å². The van der Waals surface area contributed by atoms with Gasteiger partial charge in [0.25, 0.3) is 0 Å². The van der Waals surface area contributed by atoms with Crippen LogP contribution in [0.2, 0.25) is 0 Å². The smallest absolute Gasteiger partial charge is 0.206 e. The van der Waals surface area contributed by atoms with Gasteiger partial charge < -0.3 is 9.47 Å². The SMILES string of the molecule is CCOC(C)OCCC[N+](=O)[O-]. The first-order valence-electron chi connectivity index (χ1n) is 4.01. The summed E-state index contributed by atoms with van der Waals surface area (Å²) < 4.78 is 10.2. The van der Waals surface area contributed by atoms with Crippen molar-refractivity contribution in [3.05, 3.63) is 10.1 Å². The molecule has 1 unspecified atom stereocenters. The van der Waals surface area contributed by atoms with Crippen molar-refractivity contribution in [1.29, 1.82) is 0 Å². The highest BCUT2D eigenvalue weighted by atomic mass is 16.7. The van der Waals surface area contributed by atoms with Crippen molar-refractivity contribution in [2.45, 2.75) is 26.6 Å². The zero-order valence-electron chi connectivity index (χ0n) is 7.49. The van der Waals surface area contributed by atoms with Crippen molar-refractivity contribution in [1.82, 2.24) is 0 Å². The zero-order chi connectivity index (χ0) is 9.40. The lowest BCUT2D eigenvalue weighted by Gasteiger charge is -2.11. The number of nitrogens with zero attached hydrogens (tertiary/aromatic N) is 1. The molecule has 0 fully saturated rings. The van der Waals surface area contributed by atoms with E-state index in [0.29, 0.717) is 19.6 Å². The molecule has 0 radical (unpaired) electrons. The molecule has 0 N–H and O–H groups in total. The van der Waals surface area contributed by atoms with Crippen LogP contribution < -0.4 is 0 Å². The highest BCUT2D eigenvalue weighted by Gasteiger charge is 2.01. The Morgan fingerprint density at radius 1 is 1.50 bits per heavy atom. The van der Waals surface area contributed by atoms with E-state index >= 15 is 0 Å². The van der Waals surface area contributed by atoms with Crippen LogP contribution in [0.15, 0.2) is 0 Å². The maximum Gasteiger partial charge on any atom is 0.206 e. The molecule has 0 saturated carbocycles. The summed E-state index contributed by atoms with van der Waals surface area (Å²) in [5.41, 5.74) is 0. The molecule has 1 atom stereocenters. The van der Waals surface area contributed by atoms with Gasteiger partial charge in [0.15, 0.2) is 6.29 Å². The predicted molar refractivity (Wildman–Crippen MR) is 43.5 cm³/mol. The average molecular weight is 177 g/mol. The standard InChI is InChI=1S/C7H15NO4/c1-3-11-7(2)12-6-4-5-8(9)10/h7H,3-6H2,1-2H3. The van der Waals surface area contributed by atoms with Gasteiger partial charge in [-0.25, -0.2) is 0 Å². The molecule has 0 spiro atoms. The van der Waals surface area contributed by atoms with Crippen LogP contribution in [-0.4, -0.2) is 31.0 Å². The highest BCUT2D eigenvalue weighted by molar-refractivity contribution is 4.35. The molecule has 0 rings (SSSR count). The van der Waals surface area contributed by atoms with Crippen molar-refractivity contribution < 1.29 is 14.4 Å². The number of hydrogen-bond donors (Lipinski definition) is 0. The maximum absolute atomic E-state index is 9.89. The molecule has 0 heterocycles. The minimum atomic E-state index is -0.352. The van der Waals surface area contributed by atoms with Crippen LogP contribution >= 0.6 is 0 Å². The van der Waals surface area contributed by atoms with E-state index in [4.69, 9.17) is 9.47 Å². The molecule has 5 nitrogen and oxygen atoms in total. The molecule has 0 saturated heterocycles. The first-order chi connectivity index (χ1) is 5.66. The van der Waals surface area contributed by atoms with Crippen LogP contribution in [0.4, 0.5) is 0 Å². The quantitative estimate of drug-likeness (QED) is 0.252. The molecule has 72 valence electrons. The summed E-state index contributed by atoms with van der Waals surface area (Å²) >= 11 is 0. The predicted octanol–water partition coefficient (Wildman–Crippen LogP) is 1.05. The van der Waals surface area contributed by atoms with Crippen LogP contribution in [0, 0.1) is 10.1 Å². The van der Waals surface area contributed by atoms with E-state index < -0.39 is 0 Å². The molecule has 0 amide bonds. The van der Waals surface area contributed by atoms with Crippen molar-refractivity contribution in [3.63, 3.8) is 0 Å². The first kappa shape index (κ1) is 11.3. The highest BCUT2D eigenvalue weighted by Crippen LogP contribution is 1.94. The Morgan fingerprint density at radius 3 is 2.67 bits per heavy atom. The van der Waals surface area contributed by atoms with Crippen LogP contribution in [0.3, 0.4) is 0 Å². The fourth-order valence-corrected chi connectivity index (χ4v) is 0.726. The Hall–Kier alpha value is -0.680. The molecular weight excluding hydrogens is 162 g/mol. The van der Waals surface area contributed by atoms with E-state index in [2.05, 4.69) is 0 Å². The molecule has 0 aliphatic carbocycles. The van der Waals surface area contributed by atoms with Crippen LogP contribution in [-0.2, 0) is 9.47 Å². The topological polar surface area (TPSA) is 61.6 Å². The van der Waals surface area contributed by atoms with Gasteiger partial charge in [-0.15, -0.1) is 0 Å². The van der Waals surface area contributed by atoms with Gasteiger partial charge in [-0.1, -0.05) is 0 Å². The number of hydrogen-bond acceptors (Lipinski definition) is 4. The molecule has 0 aromatic carbocycles. The van der Waals surface area contributed by atoms with Crippen molar-refractivity contribution in [3.8, 4) is 0 Å². The van der Waals surface area contributed by atoms with Gasteiger partial charge in [-0.3, -0.25) is 10.1 Å². The summed E-state index contributed by atoms with van der Waals surface area (Å²) in [6.07, 6.45) is 0.173. The van der Waals surface area contributed by atoms with Crippen molar-refractivity contribution in [2.75, 3.05) is 19.8 Å². The third kappa shape index (κ3) is 7.43. The minimum Gasteiger partial charge on any atom is -0.353 e. The molecule has 0 aliphatic heterocycles. The lowest BCUT2D eigenvalue weighted by Crippen LogP contribution is -2.15. The van der Waals surface area contributed by atoms with Crippen LogP contribution in [0.5, 0.6) is 0 Å². The van der Waals surface area contributed by atoms with E-state index in [1.165, 1.54) is 0 Å². The van der Waals surface area contributed by atoms with Crippen molar-refractivity contribution >= 4 is 0 Å². The van der Waals surface area contributed by atoms with E-state index in [0.717, 1.165) is 0 Å². The van der Waals surface area contributed by atoms with Gasteiger partial charge in [0.2, 0.25) is 6.54 Å². The van der Waals surface area contributed by atoms with Gasteiger partial charge >= 0.3 is 0 Å². The zero-order valence-corrected chi connectivity index (χ0v) is 7.49. The van der Waals surface area contributed by atoms with E-state index in [1.54, 1.807) is 6.92 Å². The van der Waals surface area contributed by atoms with Gasteiger partial charge in [-0.05, 0) is 13.8 Å². The van der Waals surface area contributed by atoms with E-state index in [-0.39, 0.29) is 17.8 Å². The maximum atomic E-state index is 9.89. The summed E-state index contributed by atoms with van der Waals surface area (Å²) in [4.78, 5) is 9.54. The Labute approximate surface area is 71.8 Å². The average Bonchev–Trinajstić information content (AvgIpc) is 1.98. The Bertz CT molecular complexity index is 129. The molecule has 0 aliphatic rings. The second-order valence-electron chi connectivity index (χ2n) is 2.30. The Morgan fingerprint density at radius 2 is 2.17 bits per heavy atom. The summed E-state index contributed by atoms with van der Waals surface area (Å²) in [5.74, 6) is 0. The summed E-state index contributed by atoms with van der Waals surface area (Å²) in [7, 11) is 0. The third-order valence-corrected chi connectivity index (χ3v) is 1.24. The minimum absolute atomic E-state index is 0.0428. The normalized spacial score (nSPS) is 12.8. The molecular formula is C7H15NO4. The molecule has 0 bridgehead atoms. The van der Waals surface area contributed by atoms with Crippen LogP contribution in [0.25, 0.3) is 0 Å². The summed E-state index contributed by atoms with van der Waals surface area (Å²) in [6.45, 7) is 4.57. The molecule has 0 aromatic rings. The third-order valence-electron chi connectivity index (χ3n) is 1.24. The molecule has 0 aromatic heterocycles. The number of ether oxygens (including phenoxy) is 2. The molecule has 12 heavy (non-hydrogen) atoms. The summed E-state index contributed by atoms with van der Waals surface area (Å²) in [6, 6.07) is 0. The van der Waals surface area contributed by atoms with E-state index in [9.17, 15) is 10.1 Å². The number of nitro groups is 1. The largest absolute Gasteiger partial charge is 0.353 e. The second kappa shape index (κ2) is 7.00.